The largest absolute Gasteiger partial charge is 0.316 e. The quantitative estimate of drug-likeness (QED) is 0.334. The molecule has 0 rings (SSSR count). The van der Waals surface area contributed by atoms with Crippen LogP contribution in [-0.4, -0.2) is 18.6 Å². The molecule has 0 fully saturated rings. The van der Waals surface area contributed by atoms with E-state index in [1.807, 2.05) is 6.92 Å². The van der Waals surface area contributed by atoms with Crippen molar-refractivity contribution < 1.29 is 8.98 Å². The minimum atomic E-state index is 0.532. The second-order valence-electron chi connectivity index (χ2n) is 2.88. The lowest BCUT2D eigenvalue weighted by molar-refractivity contribution is -0.108. The van der Waals surface area contributed by atoms with Gasteiger partial charge in [-0.25, -0.2) is 0 Å². The molecule has 72 valence electrons. The van der Waals surface area contributed by atoms with Gasteiger partial charge in [0, 0.05) is 12.2 Å². The SMILES string of the molecule is CCOSCCCC(C)CC=O. The van der Waals surface area contributed by atoms with Crippen LogP contribution in [0.5, 0.6) is 0 Å². The first kappa shape index (κ1) is 12.0. The Morgan fingerprint density at radius 1 is 1.58 bits per heavy atom. The second-order valence-corrected chi connectivity index (χ2v) is 3.76. The van der Waals surface area contributed by atoms with Crippen molar-refractivity contribution in [1.82, 2.24) is 0 Å². The summed E-state index contributed by atoms with van der Waals surface area (Å²) in [6.07, 6.45) is 3.96. The summed E-state index contributed by atoms with van der Waals surface area (Å²) in [7, 11) is 0. The van der Waals surface area contributed by atoms with Gasteiger partial charge in [-0.15, -0.1) is 0 Å². The number of hydrogen-bond donors (Lipinski definition) is 0. The first-order valence-corrected chi connectivity index (χ1v) is 5.40. The molecule has 0 spiro atoms. The Balaban J connectivity index is 3.02. The fourth-order valence-electron chi connectivity index (χ4n) is 0.915. The van der Waals surface area contributed by atoms with Crippen LogP contribution in [0.1, 0.15) is 33.1 Å². The third kappa shape index (κ3) is 8.08. The Bertz CT molecular complexity index is 107. The summed E-state index contributed by atoms with van der Waals surface area (Å²) >= 11 is 1.52. The van der Waals surface area contributed by atoms with Crippen LogP contribution in [0.3, 0.4) is 0 Å². The van der Waals surface area contributed by atoms with Crippen molar-refractivity contribution in [2.45, 2.75) is 33.1 Å². The highest BCUT2D eigenvalue weighted by Gasteiger charge is 2.00. The van der Waals surface area contributed by atoms with E-state index in [0.29, 0.717) is 12.3 Å². The Hall–Kier alpha value is -0.0200. The third-order valence-electron chi connectivity index (χ3n) is 1.62. The summed E-state index contributed by atoms with van der Waals surface area (Å²) in [5, 5.41) is 0. The molecular formula is C9H18O2S. The predicted molar refractivity (Wildman–Crippen MR) is 53.2 cm³/mol. The average Bonchev–Trinajstić information content (AvgIpc) is 2.05. The molecule has 1 atom stereocenters. The molecule has 0 aliphatic rings. The van der Waals surface area contributed by atoms with Gasteiger partial charge in [0.15, 0.2) is 0 Å². The van der Waals surface area contributed by atoms with E-state index in [-0.39, 0.29) is 0 Å². The van der Waals surface area contributed by atoms with Gasteiger partial charge in [0.25, 0.3) is 0 Å². The van der Waals surface area contributed by atoms with E-state index in [4.69, 9.17) is 4.18 Å². The van der Waals surface area contributed by atoms with Crippen LogP contribution in [0.25, 0.3) is 0 Å². The molecule has 0 heterocycles. The van der Waals surface area contributed by atoms with Crippen molar-refractivity contribution in [3.05, 3.63) is 0 Å². The van der Waals surface area contributed by atoms with E-state index in [1.165, 1.54) is 12.0 Å². The summed E-state index contributed by atoms with van der Waals surface area (Å²) in [5.41, 5.74) is 0. The van der Waals surface area contributed by atoms with Crippen LogP contribution in [0, 0.1) is 5.92 Å². The summed E-state index contributed by atoms with van der Waals surface area (Å²) in [6.45, 7) is 4.87. The van der Waals surface area contributed by atoms with E-state index in [9.17, 15) is 4.79 Å². The molecule has 2 nitrogen and oxygen atoms in total. The minimum Gasteiger partial charge on any atom is -0.316 e. The van der Waals surface area contributed by atoms with Crippen LogP contribution in [0.15, 0.2) is 0 Å². The Labute approximate surface area is 79.3 Å². The summed E-state index contributed by atoms with van der Waals surface area (Å²) < 4.78 is 5.12. The van der Waals surface area contributed by atoms with Crippen molar-refractivity contribution in [1.29, 1.82) is 0 Å². The van der Waals surface area contributed by atoms with Gasteiger partial charge in [-0.3, -0.25) is 0 Å². The summed E-state index contributed by atoms with van der Waals surface area (Å²) in [6, 6.07) is 0. The van der Waals surface area contributed by atoms with Crippen LogP contribution in [0.4, 0.5) is 0 Å². The van der Waals surface area contributed by atoms with E-state index in [2.05, 4.69) is 6.92 Å². The standard InChI is InChI=1S/C9H18O2S/c1-3-11-12-8-4-5-9(2)6-7-10/h7,9H,3-6,8H2,1-2H3. The topological polar surface area (TPSA) is 26.3 Å². The van der Waals surface area contributed by atoms with Gasteiger partial charge in [0.2, 0.25) is 0 Å². The van der Waals surface area contributed by atoms with Crippen molar-refractivity contribution in [2.24, 2.45) is 5.92 Å². The Kier molecular flexibility index (Phi) is 9.06. The number of aldehydes is 1. The molecule has 0 aromatic rings. The van der Waals surface area contributed by atoms with Crippen LogP contribution >= 0.6 is 12.0 Å². The molecule has 0 amide bonds. The Morgan fingerprint density at radius 3 is 2.92 bits per heavy atom. The van der Waals surface area contributed by atoms with Crippen LogP contribution < -0.4 is 0 Å². The molecule has 0 saturated carbocycles. The lowest BCUT2D eigenvalue weighted by Gasteiger charge is -2.05. The lowest BCUT2D eigenvalue weighted by atomic mass is 10.0. The fraction of sp³-hybridized carbons (Fsp3) is 0.889. The van der Waals surface area contributed by atoms with Crippen molar-refractivity contribution in [2.75, 3.05) is 12.4 Å². The zero-order valence-electron chi connectivity index (χ0n) is 7.91. The maximum Gasteiger partial charge on any atom is 0.120 e. The molecule has 0 aliphatic heterocycles. The van der Waals surface area contributed by atoms with Gasteiger partial charge in [-0.1, -0.05) is 6.92 Å². The van der Waals surface area contributed by atoms with E-state index < -0.39 is 0 Å². The minimum absolute atomic E-state index is 0.532. The van der Waals surface area contributed by atoms with Crippen LogP contribution in [-0.2, 0) is 8.98 Å². The van der Waals surface area contributed by atoms with Crippen molar-refractivity contribution in [3.8, 4) is 0 Å². The monoisotopic (exact) mass is 190 g/mol. The van der Waals surface area contributed by atoms with Gasteiger partial charge in [-0.2, -0.15) is 0 Å². The van der Waals surface area contributed by atoms with Gasteiger partial charge < -0.3 is 8.98 Å². The maximum absolute atomic E-state index is 10.1. The zero-order chi connectivity index (χ0) is 9.23. The molecule has 0 aromatic heterocycles. The smallest absolute Gasteiger partial charge is 0.120 e. The highest BCUT2D eigenvalue weighted by Crippen LogP contribution is 2.12. The zero-order valence-corrected chi connectivity index (χ0v) is 8.73. The molecular weight excluding hydrogens is 172 g/mol. The van der Waals surface area contributed by atoms with Gasteiger partial charge in [0.1, 0.15) is 6.29 Å². The molecule has 0 N–H and O–H groups in total. The lowest BCUT2D eigenvalue weighted by Crippen LogP contribution is -1.96. The Morgan fingerprint density at radius 2 is 2.33 bits per heavy atom. The average molecular weight is 190 g/mol. The number of rotatable bonds is 8. The number of carbonyl (C=O) groups excluding carboxylic acids is 1. The van der Waals surface area contributed by atoms with Crippen molar-refractivity contribution in [3.63, 3.8) is 0 Å². The molecule has 0 bridgehead atoms. The van der Waals surface area contributed by atoms with Gasteiger partial charge >= 0.3 is 0 Å². The highest BCUT2D eigenvalue weighted by molar-refractivity contribution is 7.94. The van der Waals surface area contributed by atoms with Gasteiger partial charge in [-0.05, 0) is 37.7 Å². The molecule has 0 aliphatic carbocycles. The first-order chi connectivity index (χ1) is 5.81. The van der Waals surface area contributed by atoms with Crippen LogP contribution in [0.2, 0.25) is 0 Å². The summed E-state index contributed by atoms with van der Waals surface area (Å²) in [5.74, 6) is 1.57. The molecule has 0 saturated heterocycles. The summed E-state index contributed by atoms with van der Waals surface area (Å²) in [4.78, 5) is 10.1. The molecule has 0 aromatic carbocycles. The van der Waals surface area contributed by atoms with E-state index in [0.717, 1.165) is 31.5 Å². The fourth-order valence-corrected chi connectivity index (χ4v) is 1.48. The van der Waals surface area contributed by atoms with E-state index >= 15 is 0 Å². The molecule has 12 heavy (non-hydrogen) atoms. The number of hydrogen-bond acceptors (Lipinski definition) is 3. The molecule has 0 radical (unpaired) electrons. The normalized spacial score (nSPS) is 12.8. The first-order valence-electron chi connectivity index (χ1n) is 4.49. The maximum atomic E-state index is 10.1. The van der Waals surface area contributed by atoms with E-state index in [1.54, 1.807) is 0 Å². The molecule has 1 unspecified atom stereocenters. The molecule has 3 heteroatoms. The number of carbonyl (C=O) groups is 1. The predicted octanol–water partition coefficient (Wildman–Crippen LogP) is 2.68. The van der Waals surface area contributed by atoms with Crippen molar-refractivity contribution >= 4 is 18.3 Å². The third-order valence-corrected chi connectivity index (χ3v) is 2.48. The van der Waals surface area contributed by atoms with Gasteiger partial charge in [0.05, 0.1) is 6.61 Å². The second kappa shape index (κ2) is 9.07. The highest BCUT2D eigenvalue weighted by atomic mass is 32.2.